The average molecular weight is 489 g/mol. The van der Waals surface area contributed by atoms with Gasteiger partial charge < -0.3 is 20.5 Å². The van der Waals surface area contributed by atoms with E-state index in [1.165, 1.54) is 0 Å². The fourth-order valence-corrected chi connectivity index (χ4v) is 5.69. The van der Waals surface area contributed by atoms with Crippen LogP contribution in [0.4, 0.5) is 0 Å². The SMILES string of the molecule is C=C(NC1CC(C)(C)Oc2ccccc21)c1ccc2c(c1)C(N1C(=O)CC(C)(C)N=C1N)C(C)(C)O2. The number of amides is 1. The van der Waals surface area contributed by atoms with Crippen molar-refractivity contribution in [2.45, 2.75) is 83.2 Å². The van der Waals surface area contributed by atoms with Gasteiger partial charge in [-0.3, -0.25) is 9.69 Å². The van der Waals surface area contributed by atoms with E-state index in [9.17, 15) is 4.79 Å². The normalized spacial score (nSPS) is 25.1. The predicted molar refractivity (Wildman–Crippen MR) is 142 cm³/mol. The lowest BCUT2D eigenvalue weighted by Crippen LogP contribution is -2.55. The van der Waals surface area contributed by atoms with Crippen LogP contribution in [0.3, 0.4) is 0 Å². The Balaban J connectivity index is 1.47. The van der Waals surface area contributed by atoms with Gasteiger partial charge in [-0.05, 0) is 71.4 Å². The second-order valence-corrected chi connectivity index (χ2v) is 11.9. The summed E-state index contributed by atoms with van der Waals surface area (Å²) in [6.07, 6.45) is 1.10. The van der Waals surface area contributed by atoms with Crippen molar-refractivity contribution in [3.63, 3.8) is 0 Å². The highest BCUT2D eigenvalue weighted by Crippen LogP contribution is 2.48. The summed E-state index contributed by atoms with van der Waals surface area (Å²) in [4.78, 5) is 19.4. The van der Waals surface area contributed by atoms with Crippen LogP contribution in [0.2, 0.25) is 0 Å². The fourth-order valence-electron chi connectivity index (χ4n) is 5.69. The van der Waals surface area contributed by atoms with E-state index in [0.29, 0.717) is 6.42 Å². The molecule has 3 heterocycles. The summed E-state index contributed by atoms with van der Waals surface area (Å²) in [5.74, 6) is 1.81. The molecule has 0 saturated carbocycles. The molecule has 2 aromatic carbocycles. The first kappa shape index (κ1) is 24.2. The number of hydrogen-bond acceptors (Lipinski definition) is 6. The average Bonchev–Trinajstić information content (AvgIpc) is 3.01. The zero-order chi connectivity index (χ0) is 26.0. The summed E-state index contributed by atoms with van der Waals surface area (Å²) in [6.45, 7) is 16.4. The van der Waals surface area contributed by atoms with Gasteiger partial charge in [0.25, 0.3) is 0 Å². The van der Waals surface area contributed by atoms with E-state index in [1.54, 1.807) is 4.90 Å². The van der Waals surface area contributed by atoms with E-state index < -0.39 is 17.2 Å². The van der Waals surface area contributed by atoms with Gasteiger partial charge in [0.05, 0.1) is 18.0 Å². The number of rotatable bonds is 4. The van der Waals surface area contributed by atoms with Gasteiger partial charge in [0.2, 0.25) is 5.91 Å². The molecule has 5 rings (SSSR count). The molecule has 0 radical (unpaired) electrons. The summed E-state index contributed by atoms with van der Waals surface area (Å²) in [6, 6.07) is 13.8. The molecule has 36 heavy (non-hydrogen) atoms. The summed E-state index contributed by atoms with van der Waals surface area (Å²) in [5, 5.41) is 3.64. The van der Waals surface area contributed by atoms with Crippen LogP contribution in [0.5, 0.6) is 11.5 Å². The van der Waals surface area contributed by atoms with E-state index in [-0.39, 0.29) is 23.5 Å². The number of guanidine groups is 1. The Morgan fingerprint density at radius 2 is 1.75 bits per heavy atom. The van der Waals surface area contributed by atoms with E-state index in [2.05, 4.69) is 42.9 Å². The van der Waals surface area contributed by atoms with Crippen molar-refractivity contribution >= 4 is 17.6 Å². The van der Waals surface area contributed by atoms with Crippen molar-refractivity contribution in [2.24, 2.45) is 10.7 Å². The number of fused-ring (bicyclic) bond motifs is 2. The van der Waals surface area contributed by atoms with Gasteiger partial charge in [-0.25, -0.2) is 4.99 Å². The number of nitrogens with one attached hydrogen (secondary N) is 1. The van der Waals surface area contributed by atoms with Crippen molar-refractivity contribution < 1.29 is 14.3 Å². The van der Waals surface area contributed by atoms with Gasteiger partial charge in [-0.15, -0.1) is 0 Å². The second kappa shape index (κ2) is 8.02. The number of carbonyl (C=O) groups excluding carboxylic acids is 1. The number of nitrogens with two attached hydrogens (primary N) is 1. The molecule has 2 atom stereocenters. The number of carbonyl (C=O) groups is 1. The maximum Gasteiger partial charge on any atom is 0.232 e. The Labute approximate surface area is 213 Å². The van der Waals surface area contributed by atoms with E-state index in [4.69, 9.17) is 15.2 Å². The molecule has 3 aliphatic rings. The molecule has 7 heteroatoms. The molecule has 2 unspecified atom stereocenters. The molecule has 0 fully saturated rings. The Morgan fingerprint density at radius 1 is 1.06 bits per heavy atom. The molecular formula is C29H36N4O3. The lowest BCUT2D eigenvalue weighted by atomic mass is 9.88. The van der Waals surface area contributed by atoms with Crippen LogP contribution in [-0.2, 0) is 4.79 Å². The molecule has 190 valence electrons. The smallest absolute Gasteiger partial charge is 0.232 e. The molecule has 2 aromatic rings. The summed E-state index contributed by atoms with van der Waals surface area (Å²) >= 11 is 0. The molecule has 3 aliphatic heterocycles. The minimum atomic E-state index is -0.670. The lowest BCUT2D eigenvalue weighted by Gasteiger charge is -2.40. The van der Waals surface area contributed by atoms with Crippen molar-refractivity contribution in [1.29, 1.82) is 0 Å². The highest BCUT2D eigenvalue weighted by molar-refractivity contribution is 5.99. The van der Waals surface area contributed by atoms with Crippen LogP contribution in [0.1, 0.15) is 83.2 Å². The summed E-state index contributed by atoms with van der Waals surface area (Å²) in [7, 11) is 0. The molecule has 0 bridgehead atoms. The van der Waals surface area contributed by atoms with Crippen LogP contribution >= 0.6 is 0 Å². The Bertz CT molecular complexity index is 1280. The van der Waals surface area contributed by atoms with Crippen LogP contribution in [0, 0.1) is 0 Å². The molecule has 3 N–H and O–H groups in total. The number of benzene rings is 2. The van der Waals surface area contributed by atoms with Crippen molar-refractivity contribution in [1.82, 2.24) is 10.2 Å². The van der Waals surface area contributed by atoms with Gasteiger partial charge in [0, 0.05) is 23.2 Å². The molecule has 1 amide bonds. The topological polar surface area (TPSA) is 89.2 Å². The zero-order valence-corrected chi connectivity index (χ0v) is 22.0. The molecule has 0 spiro atoms. The number of para-hydroxylation sites is 1. The molecule has 0 saturated heterocycles. The third-order valence-corrected chi connectivity index (χ3v) is 7.18. The third-order valence-electron chi connectivity index (χ3n) is 7.18. The zero-order valence-electron chi connectivity index (χ0n) is 22.0. The number of ether oxygens (including phenoxy) is 2. The van der Waals surface area contributed by atoms with E-state index in [1.807, 2.05) is 58.0 Å². The molecular weight excluding hydrogens is 452 g/mol. The monoisotopic (exact) mass is 488 g/mol. The standard InChI is InChI=1S/C29H36N4O3/c1-17(31-21-15-28(4,5)35-22-11-9-8-10-19(21)22)18-12-13-23-20(14-18)25(29(6,7)36-23)33-24(34)16-27(2,3)32-26(33)30/h8-14,21,25,31H,1,15-16H2,2-7H3,(H2,30,32). The second-order valence-electron chi connectivity index (χ2n) is 11.9. The first-order valence-electron chi connectivity index (χ1n) is 12.5. The van der Waals surface area contributed by atoms with Crippen LogP contribution in [0.25, 0.3) is 5.70 Å². The Hall–Kier alpha value is -3.48. The Kier molecular flexibility index (Phi) is 5.39. The lowest BCUT2D eigenvalue weighted by molar-refractivity contribution is -0.133. The van der Waals surface area contributed by atoms with E-state index >= 15 is 0 Å². The van der Waals surface area contributed by atoms with Gasteiger partial charge in [0.15, 0.2) is 5.96 Å². The van der Waals surface area contributed by atoms with Gasteiger partial charge in [-0.1, -0.05) is 24.8 Å². The van der Waals surface area contributed by atoms with Gasteiger partial charge in [-0.2, -0.15) is 0 Å². The number of nitrogens with zero attached hydrogens (tertiary/aromatic N) is 2. The first-order valence-corrected chi connectivity index (χ1v) is 12.5. The fraction of sp³-hybridized carbons (Fsp3) is 0.448. The molecule has 7 nitrogen and oxygen atoms in total. The van der Waals surface area contributed by atoms with Crippen molar-refractivity contribution in [3.8, 4) is 11.5 Å². The predicted octanol–water partition coefficient (Wildman–Crippen LogP) is 5.09. The largest absolute Gasteiger partial charge is 0.487 e. The summed E-state index contributed by atoms with van der Waals surface area (Å²) in [5.41, 5.74) is 8.62. The first-order chi connectivity index (χ1) is 16.8. The maximum atomic E-state index is 13.2. The summed E-state index contributed by atoms with van der Waals surface area (Å²) < 4.78 is 12.5. The molecule has 0 aromatic heterocycles. The Morgan fingerprint density at radius 3 is 2.47 bits per heavy atom. The minimum Gasteiger partial charge on any atom is -0.487 e. The van der Waals surface area contributed by atoms with Crippen molar-refractivity contribution in [2.75, 3.05) is 0 Å². The quantitative estimate of drug-likeness (QED) is 0.626. The minimum absolute atomic E-state index is 0.0505. The van der Waals surface area contributed by atoms with Gasteiger partial charge in [0.1, 0.15) is 28.7 Å². The van der Waals surface area contributed by atoms with E-state index in [0.717, 1.165) is 40.3 Å². The van der Waals surface area contributed by atoms with Crippen LogP contribution < -0.4 is 20.5 Å². The third kappa shape index (κ3) is 4.21. The highest BCUT2D eigenvalue weighted by atomic mass is 16.5. The van der Waals surface area contributed by atoms with Crippen molar-refractivity contribution in [3.05, 3.63) is 65.7 Å². The van der Waals surface area contributed by atoms with Crippen LogP contribution in [0.15, 0.2) is 54.0 Å². The molecule has 0 aliphatic carbocycles. The number of hydrogen-bond donors (Lipinski definition) is 2. The maximum absolute atomic E-state index is 13.2. The van der Waals surface area contributed by atoms with Gasteiger partial charge >= 0.3 is 0 Å². The highest BCUT2D eigenvalue weighted by Gasteiger charge is 2.50. The number of aliphatic imine (C=N–C) groups is 1. The van der Waals surface area contributed by atoms with Crippen LogP contribution in [-0.4, -0.2) is 33.5 Å².